The second kappa shape index (κ2) is 7.28. The molecule has 1 saturated carbocycles. The second-order valence-electron chi connectivity index (χ2n) is 6.34. The van der Waals surface area contributed by atoms with E-state index < -0.39 is 4.92 Å². The van der Waals surface area contributed by atoms with Gasteiger partial charge in [0, 0.05) is 23.1 Å². The van der Waals surface area contributed by atoms with E-state index in [-0.39, 0.29) is 23.2 Å². The van der Waals surface area contributed by atoms with Crippen LogP contribution in [0.3, 0.4) is 0 Å². The number of aromatic nitrogens is 1. The molecule has 3 aromatic rings. The zero-order valence-electron chi connectivity index (χ0n) is 14.6. The molecule has 1 aliphatic rings. The van der Waals surface area contributed by atoms with E-state index in [2.05, 4.69) is 10.1 Å². The van der Waals surface area contributed by atoms with E-state index in [0.717, 1.165) is 12.8 Å². The minimum atomic E-state index is -0.457. The minimum Gasteiger partial charge on any atom is -0.508 e. The molecule has 0 aliphatic heterocycles. The molecule has 4 rings (SSSR count). The predicted molar refractivity (Wildman–Crippen MR) is 106 cm³/mol. The van der Waals surface area contributed by atoms with Gasteiger partial charge in [-0.05, 0) is 31.0 Å². The van der Waals surface area contributed by atoms with Crippen LogP contribution in [-0.2, 0) is 0 Å². The summed E-state index contributed by atoms with van der Waals surface area (Å²) in [6.07, 6.45) is 3.45. The van der Waals surface area contributed by atoms with Crippen molar-refractivity contribution in [3.05, 3.63) is 68.3 Å². The molecule has 8 nitrogen and oxygen atoms in total. The Hall–Kier alpha value is -3.46. The number of phenols is 2. The molecule has 1 heterocycles. The van der Waals surface area contributed by atoms with Crippen molar-refractivity contribution in [1.82, 2.24) is 4.68 Å². The van der Waals surface area contributed by atoms with Crippen LogP contribution in [0.25, 0.3) is 11.3 Å². The van der Waals surface area contributed by atoms with Gasteiger partial charge in [0.05, 0.1) is 28.4 Å². The maximum atomic E-state index is 11.2. The van der Waals surface area contributed by atoms with Gasteiger partial charge in [0.1, 0.15) is 11.5 Å². The fraction of sp³-hybridized carbons (Fsp3) is 0.158. The van der Waals surface area contributed by atoms with Gasteiger partial charge in [-0.3, -0.25) is 15.1 Å². The second-order valence-corrected chi connectivity index (χ2v) is 7.17. The highest BCUT2D eigenvalue weighted by atomic mass is 32.1. The molecule has 2 aromatic carbocycles. The monoisotopic (exact) mass is 396 g/mol. The molecule has 0 radical (unpaired) electrons. The first-order valence-electron chi connectivity index (χ1n) is 8.57. The predicted octanol–water partition coefficient (Wildman–Crippen LogP) is 3.48. The van der Waals surface area contributed by atoms with Gasteiger partial charge in [-0.2, -0.15) is 5.10 Å². The van der Waals surface area contributed by atoms with Crippen LogP contribution < -0.4 is 4.80 Å². The molecule has 1 aromatic heterocycles. The zero-order valence-corrected chi connectivity index (χ0v) is 15.4. The zero-order chi connectivity index (χ0) is 19.7. The van der Waals surface area contributed by atoms with Gasteiger partial charge in [0.15, 0.2) is 0 Å². The Morgan fingerprint density at radius 1 is 1.21 bits per heavy atom. The third kappa shape index (κ3) is 3.65. The lowest BCUT2D eigenvalue weighted by Gasteiger charge is -2.06. The first kappa shape index (κ1) is 17.9. The van der Waals surface area contributed by atoms with E-state index in [1.807, 2.05) is 5.38 Å². The number of nitro benzene ring substituents is 1. The van der Waals surface area contributed by atoms with Gasteiger partial charge >= 0.3 is 0 Å². The maximum Gasteiger partial charge on any atom is 0.278 e. The van der Waals surface area contributed by atoms with Crippen molar-refractivity contribution in [3.8, 4) is 22.8 Å². The number of benzene rings is 2. The summed E-state index contributed by atoms with van der Waals surface area (Å²) in [5.41, 5.74) is 1.38. The molecular formula is C19H16N4O4S. The Balaban J connectivity index is 1.83. The van der Waals surface area contributed by atoms with Gasteiger partial charge in [-0.15, -0.1) is 11.3 Å². The Labute approximate surface area is 163 Å². The Bertz CT molecular complexity index is 1140. The molecule has 9 heteroatoms. The summed E-state index contributed by atoms with van der Waals surface area (Å²) in [4.78, 5) is 16.1. The minimum absolute atomic E-state index is 0.0446. The van der Waals surface area contributed by atoms with Crippen LogP contribution in [0.5, 0.6) is 11.5 Å². The molecule has 0 bridgehead atoms. The molecule has 0 amide bonds. The lowest BCUT2D eigenvalue weighted by atomic mass is 10.1. The SMILES string of the molecule is O=[N+]([O-])c1ccccc1/C=N/n1c(-c2ccc(O)cc2O)csc1=NC1CC1. The van der Waals surface area contributed by atoms with E-state index >= 15 is 0 Å². The lowest BCUT2D eigenvalue weighted by molar-refractivity contribution is -0.385. The number of para-hydroxylation sites is 1. The Kier molecular flexibility index (Phi) is 4.66. The summed E-state index contributed by atoms with van der Waals surface area (Å²) >= 11 is 1.37. The maximum absolute atomic E-state index is 11.2. The van der Waals surface area contributed by atoms with Crippen LogP contribution in [-0.4, -0.2) is 32.1 Å². The molecule has 0 atom stereocenters. The summed E-state index contributed by atoms with van der Waals surface area (Å²) in [6, 6.07) is 10.9. The average Bonchev–Trinajstić information content (AvgIpc) is 3.40. The molecule has 28 heavy (non-hydrogen) atoms. The van der Waals surface area contributed by atoms with Gasteiger partial charge in [-0.25, -0.2) is 4.68 Å². The molecule has 0 unspecified atom stereocenters. The highest BCUT2D eigenvalue weighted by Crippen LogP contribution is 2.32. The van der Waals surface area contributed by atoms with Crippen molar-refractivity contribution < 1.29 is 15.1 Å². The van der Waals surface area contributed by atoms with E-state index in [4.69, 9.17) is 0 Å². The number of phenolic OH excluding ortho intramolecular Hbond substituents is 2. The van der Waals surface area contributed by atoms with Gasteiger partial charge in [0.25, 0.3) is 5.69 Å². The molecule has 2 N–H and O–H groups in total. The van der Waals surface area contributed by atoms with Crippen LogP contribution in [0.15, 0.2) is 57.9 Å². The van der Waals surface area contributed by atoms with E-state index in [9.17, 15) is 20.3 Å². The number of hydrogen-bond acceptors (Lipinski definition) is 7. The number of hydrogen-bond donors (Lipinski definition) is 2. The van der Waals surface area contributed by atoms with E-state index in [1.54, 1.807) is 28.9 Å². The fourth-order valence-electron chi connectivity index (χ4n) is 2.67. The largest absolute Gasteiger partial charge is 0.508 e. The smallest absolute Gasteiger partial charge is 0.278 e. The first-order chi connectivity index (χ1) is 13.5. The molecule has 1 aliphatic carbocycles. The summed E-state index contributed by atoms with van der Waals surface area (Å²) in [5, 5.41) is 37.3. The summed E-state index contributed by atoms with van der Waals surface area (Å²) in [5.74, 6) is -0.139. The van der Waals surface area contributed by atoms with E-state index in [1.165, 1.54) is 35.8 Å². The number of nitro groups is 1. The summed E-state index contributed by atoms with van der Waals surface area (Å²) in [6.45, 7) is 0. The van der Waals surface area contributed by atoms with Crippen LogP contribution in [0.4, 0.5) is 5.69 Å². The first-order valence-corrected chi connectivity index (χ1v) is 9.45. The normalized spacial score (nSPS) is 14.6. The fourth-order valence-corrected chi connectivity index (χ4v) is 3.56. The highest BCUT2D eigenvalue weighted by Gasteiger charge is 2.21. The standard InChI is InChI=1S/C19H16N4O4S/c24-14-7-8-15(18(25)9-14)17-11-28-19(21-13-5-6-13)22(17)20-10-12-3-1-2-4-16(12)23(26)27/h1-4,7-11,13,24-25H,5-6H2/b20-10+,21-19?. The summed E-state index contributed by atoms with van der Waals surface area (Å²) < 4.78 is 1.56. The number of aromatic hydroxyl groups is 2. The number of rotatable bonds is 5. The molecule has 1 fully saturated rings. The average molecular weight is 396 g/mol. The van der Waals surface area contributed by atoms with Gasteiger partial charge in [0.2, 0.25) is 4.80 Å². The highest BCUT2D eigenvalue weighted by molar-refractivity contribution is 7.07. The van der Waals surface area contributed by atoms with Crippen molar-refractivity contribution in [3.63, 3.8) is 0 Å². The molecule has 0 saturated heterocycles. The quantitative estimate of drug-likeness (QED) is 0.390. The lowest BCUT2D eigenvalue weighted by Crippen LogP contribution is -2.13. The number of nitrogens with zero attached hydrogens (tertiary/aromatic N) is 4. The van der Waals surface area contributed by atoms with Crippen LogP contribution >= 0.6 is 11.3 Å². The third-order valence-corrected chi connectivity index (χ3v) is 5.06. The van der Waals surface area contributed by atoms with Crippen molar-refractivity contribution in [2.45, 2.75) is 18.9 Å². The van der Waals surface area contributed by atoms with Crippen molar-refractivity contribution in [1.29, 1.82) is 0 Å². The van der Waals surface area contributed by atoms with Crippen LogP contribution in [0.1, 0.15) is 18.4 Å². The Morgan fingerprint density at radius 3 is 2.71 bits per heavy atom. The van der Waals surface area contributed by atoms with Crippen molar-refractivity contribution in [2.75, 3.05) is 0 Å². The van der Waals surface area contributed by atoms with Gasteiger partial charge in [-0.1, -0.05) is 12.1 Å². The Morgan fingerprint density at radius 2 is 2.00 bits per heavy atom. The third-order valence-electron chi connectivity index (χ3n) is 4.23. The van der Waals surface area contributed by atoms with Gasteiger partial charge < -0.3 is 10.2 Å². The number of thiazole rings is 1. The topological polar surface area (TPSA) is 113 Å². The van der Waals surface area contributed by atoms with Crippen LogP contribution in [0, 0.1) is 10.1 Å². The van der Waals surface area contributed by atoms with Crippen LogP contribution in [0.2, 0.25) is 0 Å². The van der Waals surface area contributed by atoms with E-state index in [0.29, 0.717) is 21.6 Å². The molecule has 0 spiro atoms. The van der Waals surface area contributed by atoms with Crippen molar-refractivity contribution in [2.24, 2.45) is 10.1 Å². The molecular weight excluding hydrogens is 380 g/mol. The molecule has 142 valence electrons. The van der Waals surface area contributed by atoms with Crippen molar-refractivity contribution >= 4 is 23.2 Å². The summed E-state index contributed by atoms with van der Waals surface area (Å²) in [7, 11) is 0.